The molecular formula is C10H14O9. The van der Waals surface area contributed by atoms with Gasteiger partial charge >= 0.3 is 17.9 Å². The Morgan fingerprint density at radius 1 is 1.00 bits per heavy atom. The number of carboxylic acids is 1. The maximum absolute atomic E-state index is 10.9. The maximum Gasteiger partial charge on any atom is 0.335 e. The number of aliphatic hydroxyl groups excluding tert-OH is 2. The third-order valence-corrected chi connectivity index (χ3v) is 2.39. The van der Waals surface area contributed by atoms with Crippen molar-refractivity contribution in [3.05, 3.63) is 0 Å². The molecule has 0 aromatic carbocycles. The molecule has 0 radical (unpaired) electrons. The fourth-order valence-corrected chi connectivity index (χ4v) is 1.69. The largest absolute Gasteiger partial charge is 0.479 e. The fourth-order valence-electron chi connectivity index (χ4n) is 1.69. The van der Waals surface area contributed by atoms with E-state index < -0.39 is 48.6 Å². The van der Waals surface area contributed by atoms with Crippen LogP contribution in [0.1, 0.15) is 13.8 Å². The Labute approximate surface area is 107 Å². The molecule has 1 saturated heterocycles. The summed E-state index contributed by atoms with van der Waals surface area (Å²) < 4.78 is 14.0. The van der Waals surface area contributed by atoms with Crippen molar-refractivity contribution < 1.29 is 43.9 Å². The van der Waals surface area contributed by atoms with Crippen LogP contribution in [0.5, 0.6) is 0 Å². The lowest BCUT2D eigenvalue weighted by molar-refractivity contribution is -0.286. The van der Waals surface area contributed by atoms with Crippen molar-refractivity contribution in [2.24, 2.45) is 0 Å². The quantitative estimate of drug-likeness (QED) is 0.500. The van der Waals surface area contributed by atoms with E-state index in [1.807, 2.05) is 0 Å². The minimum atomic E-state index is -1.84. The van der Waals surface area contributed by atoms with E-state index in [2.05, 4.69) is 9.47 Å². The Morgan fingerprint density at radius 3 is 1.89 bits per heavy atom. The minimum Gasteiger partial charge on any atom is -0.479 e. The molecule has 5 atom stereocenters. The summed E-state index contributed by atoms with van der Waals surface area (Å²) >= 11 is 0. The van der Waals surface area contributed by atoms with Gasteiger partial charge in [-0.25, -0.2) is 4.79 Å². The lowest BCUT2D eigenvalue weighted by atomic mass is 9.98. The standard InChI is InChI=1S/C10H14O9/c1-3(11)17-6-5(13)7(9(14)15)19-10(16)8(6)18-4(2)12/h5-8,10,13,16H,1-2H3,(H,14,15)/t5-,6-,7-,8+,10?/m0/s1. The van der Waals surface area contributed by atoms with Gasteiger partial charge in [0, 0.05) is 13.8 Å². The van der Waals surface area contributed by atoms with Crippen LogP contribution in [0.25, 0.3) is 0 Å². The molecule has 1 rings (SSSR count). The van der Waals surface area contributed by atoms with Crippen molar-refractivity contribution in [1.29, 1.82) is 0 Å². The molecule has 9 nitrogen and oxygen atoms in total. The summed E-state index contributed by atoms with van der Waals surface area (Å²) in [6.45, 7) is 2.06. The van der Waals surface area contributed by atoms with Crippen molar-refractivity contribution in [2.45, 2.75) is 44.6 Å². The average molecular weight is 278 g/mol. The second kappa shape index (κ2) is 5.95. The normalized spacial score (nSPS) is 34.4. The van der Waals surface area contributed by atoms with Gasteiger partial charge in [-0.2, -0.15) is 0 Å². The van der Waals surface area contributed by atoms with Crippen molar-refractivity contribution >= 4 is 17.9 Å². The van der Waals surface area contributed by atoms with Gasteiger partial charge < -0.3 is 29.5 Å². The van der Waals surface area contributed by atoms with Crippen LogP contribution in [-0.2, 0) is 28.6 Å². The van der Waals surface area contributed by atoms with Crippen LogP contribution in [0.15, 0.2) is 0 Å². The summed E-state index contributed by atoms with van der Waals surface area (Å²) in [6, 6.07) is 0. The number of aliphatic carboxylic acids is 1. The molecule has 0 aromatic rings. The molecule has 0 amide bonds. The first kappa shape index (κ1) is 15.3. The monoisotopic (exact) mass is 278 g/mol. The minimum absolute atomic E-state index is 0.814. The average Bonchev–Trinajstić information content (AvgIpc) is 2.26. The molecule has 19 heavy (non-hydrogen) atoms. The zero-order valence-corrected chi connectivity index (χ0v) is 10.2. The van der Waals surface area contributed by atoms with E-state index in [1.54, 1.807) is 0 Å². The van der Waals surface area contributed by atoms with Gasteiger partial charge in [-0.15, -0.1) is 0 Å². The SMILES string of the molecule is CC(=O)O[C@H]1[C@H](O)[C@@H](C(=O)O)OC(O)[C@@H]1OC(C)=O. The van der Waals surface area contributed by atoms with Gasteiger partial charge in [-0.1, -0.05) is 0 Å². The molecule has 108 valence electrons. The Hall–Kier alpha value is -1.71. The third kappa shape index (κ3) is 3.63. The highest BCUT2D eigenvalue weighted by Crippen LogP contribution is 2.25. The van der Waals surface area contributed by atoms with Gasteiger partial charge in [0.25, 0.3) is 0 Å². The molecule has 1 unspecified atom stereocenters. The summed E-state index contributed by atoms with van der Waals surface area (Å²) in [4.78, 5) is 32.6. The Bertz CT molecular complexity index is 379. The highest BCUT2D eigenvalue weighted by molar-refractivity contribution is 5.74. The smallest absolute Gasteiger partial charge is 0.335 e. The van der Waals surface area contributed by atoms with E-state index in [4.69, 9.17) is 9.84 Å². The number of hydrogen-bond acceptors (Lipinski definition) is 8. The van der Waals surface area contributed by atoms with Gasteiger partial charge in [0.2, 0.25) is 0 Å². The van der Waals surface area contributed by atoms with Crippen LogP contribution in [0.4, 0.5) is 0 Å². The van der Waals surface area contributed by atoms with Crippen molar-refractivity contribution in [3.8, 4) is 0 Å². The van der Waals surface area contributed by atoms with E-state index in [1.165, 1.54) is 0 Å². The first-order valence-corrected chi connectivity index (χ1v) is 5.33. The summed E-state index contributed by atoms with van der Waals surface area (Å²) in [7, 11) is 0. The van der Waals surface area contributed by atoms with Gasteiger partial charge in [-0.3, -0.25) is 9.59 Å². The molecule has 0 aliphatic carbocycles. The first-order valence-electron chi connectivity index (χ1n) is 5.33. The van der Waals surface area contributed by atoms with Gasteiger partial charge in [0.1, 0.15) is 6.10 Å². The fraction of sp³-hybridized carbons (Fsp3) is 0.700. The van der Waals surface area contributed by atoms with Crippen LogP contribution < -0.4 is 0 Å². The lowest BCUT2D eigenvalue weighted by Crippen LogP contribution is -2.62. The molecule has 3 N–H and O–H groups in total. The molecule has 1 heterocycles. The van der Waals surface area contributed by atoms with Gasteiger partial charge in [0.05, 0.1) is 0 Å². The van der Waals surface area contributed by atoms with Crippen LogP contribution in [0, 0.1) is 0 Å². The Balaban J connectivity index is 2.98. The molecule has 0 aromatic heterocycles. The second-order valence-corrected chi connectivity index (χ2v) is 3.92. The first-order chi connectivity index (χ1) is 8.73. The van der Waals surface area contributed by atoms with Gasteiger partial charge in [0.15, 0.2) is 24.6 Å². The van der Waals surface area contributed by atoms with Crippen molar-refractivity contribution in [2.75, 3.05) is 0 Å². The van der Waals surface area contributed by atoms with E-state index in [0.29, 0.717) is 0 Å². The Kier molecular flexibility index (Phi) is 4.81. The maximum atomic E-state index is 10.9. The summed E-state index contributed by atoms with van der Waals surface area (Å²) in [6.07, 6.45) is -8.46. The van der Waals surface area contributed by atoms with Crippen LogP contribution in [0.3, 0.4) is 0 Å². The number of carbonyl (C=O) groups is 3. The molecule has 0 saturated carbocycles. The van der Waals surface area contributed by atoms with Crippen molar-refractivity contribution in [3.63, 3.8) is 0 Å². The van der Waals surface area contributed by atoms with Crippen LogP contribution >= 0.6 is 0 Å². The highest BCUT2D eigenvalue weighted by atomic mass is 16.7. The molecule has 9 heteroatoms. The zero-order valence-electron chi connectivity index (χ0n) is 10.2. The molecular weight excluding hydrogens is 264 g/mol. The summed E-state index contributed by atoms with van der Waals surface area (Å²) in [5.41, 5.74) is 0. The summed E-state index contributed by atoms with van der Waals surface area (Å²) in [5.74, 6) is -3.20. The predicted octanol–water partition coefficient (Wildman–Crippen LogP) is -1.99. The topological polar surface area (TPSA) is 140 Å². The zero-order chi connectivity index (χ0) is 14.7. The molecule has 0 bridgehead atoms. The number of esters is 2. The molecule has 1 aliphatic rings. The van der Waals surface area contributed by atoms with E-state index in [9.17, 15) is 24.6 Å². The van der Waals surface area contributed by atoms with Crippen LogP contribution in [-0.4, -0.2) is 63.9 Å². The van der Waals surface area contributed by atoms with Crippen molar-refractivity contribution in [1.82, 2.24) is 0 Å². The Morgan fingerprint density at radius 2 is 1.47 bits per heavy atom. The molecule has 0 spiro atoms. The van der Waals surface area contributed by atoms with E-state index in [-0.39, 0.29) is 0 Å². The van der Waals surface area contributed by atoms with E-state index in [0.717, 1.165) is 13.8 Å². The highest BCUT2D eigenvalue weighted by Gasteiger charge is 2.51. The second-order valence-electron chi connectivity index (χ2n) is 3.92. The number of carbonyl (C=O) groups excluding carboxylic acids is 2. The number of carboxylic acid groups (broad SMARTS) is 1. The third-order valence-electron chi connectivity index (χ3n) is 2.39. The lowest BCUT2D eigenvalue weighted by Gasteiger charge is -2.39. The number of hydrogen-bond donors (Lipinski definition) is 3. The number of rotatable bonds is 3. The number of aliphatic hydroxyl groups is 2. The molecule has 1 aliphatic heterocycles. The summed E-state index contributed by atoms with van der Waals surface area (Å²) in [5, 5.41) is 28.1. The predicted molar refractivity (Wildman–Crippen MR) is 55.6 cm³/mol. The molecule has 1 fully saturated rings. The van der Waals surface area contributed by atoms with E-state index >= 15 is 0 Å². The van der Waals surface area contributed by atoms with Crippen LogP contribution in [0.2, 0.25) is 0 Å². The number of ether oxygens (including phenoxy) is 3. The van der Waals surface area contributed by atoms with Gasteiger partial charge in [-0.05, 0) is 0 Å².